The van der Waals surface area contributed by atoms with Crippen LogP contribution in [-0.2, 0) is 4.79 Å². The fraction of sp³-hybridized carbons (Fsp3) is 0.429. The van der Waals surface area contributed by atoms with Gasteiger partial charge in [-0.1, -0.05) is 13.0 Å². The summed E-state index contributed by atoms with van der Waals surface area (Å²) >= 11 is 0. The number of hydrogen-bond donors (Lipinski definition) is 3. The van der Waals surface area contributed by atoms with Gasteiger partial charge >= 0.3 is 12.0 Å². The van der Waals surface area contributed by atoms with Gasteiger partial charge in [-0.3, -0.25) is 9.69 Å². The number of carboxylic acids is 1. The summed E-state index contributed by atoms with van der Waals surface area (Å²) < 4.78 is 0. The van der Waals surface area contributed by atoms with Crippen molar-refractivity contribution in [3.05, 3.63) is 24.3 Å². The van der Waals surface area contributed by atoms with Gasteiger partial charge < -0.3 is 15.5 Å². The number of phenols is 1. The zero-order chi connectivity index (χ0) is 15.1. The molecule has 0 heterocycles. The molecule has 0 aliphatic carbocycles. The summed E-state index contributed by atoms with van der Waals surface area (Å²) in [5, 5.41) is 20.8. The van der Waals surface area contributed by atoms with Gasteiger partial charge in [0.2, 0.25) is 0 Å². The standard InChI is InChI=1S/C14H20N2O4/c1-3-16(11-5-4-6-12(17)8-11)14(20)15-9-10(2)7-13(18)19/h4-6,8,10,17H,3,7,9H2,1-2H3,(H,15,20)(H,18,19). The van der Waals surface area contributed by atoms with Gasteiger partial charge in [0.05, 0.1) is 0 Å². The maximum Gasteiger partial charge on any atom is 0.321 e. The van der Waals surface area contributed by atoms with Crippen molar-refractivity contribution in [2.24, 2.45) is 5.92 Å². The van der Waals surface area contributed by atoms with Crippen LogP contribution in [0.5, 0.6) is 5.75 Å². The second-order valence-electron chi connectivity index (χ2n) is 4.65. The van der Waals surface area contributed by atoms with Gasteiger partial charge in [-0.15, -0.1) is 0 Å². The van der Waals surface area contributed by atoms with Crippen LogP contribution in [0.1, 0.15) is 20.3 Å². The fourth-order valence-corrected chi connectivity index (χ4v) is 1.83. The van der Waals surface area contributed by atoms with E-state index in [9.17, 15) is 14.7 Å². The zero-order valence-corrected chi connectivity index (χ0v) is 11.7. The van der Waals surface area contributed by atoms with Gasteiger partial charge in [0, 0.05) is 31.3 Å². The summed E-state index contributed by atoms with van der Waals surface area (Å²) in [6.45, 7) is 4.33. The number of carboxylic acid groups (broad SMARTS) is 1. The van der Waals surface area contributed by atoms with E-state index in [1.807, 2.05) is 6.92 Å². The van der Waals surface area contributed by atoms with Crippen molar-refractivity contribution in [1.29, 1.82) is 0 Å². The molecule has 0 bridgehead atoms. The molecule has 1 unspecified atom stereocenters. The molecular formula is C14H20N2O4. The van der Waals surface area contributed by atoms with Gasteiger partial charge in [-0.25, -0.2) is 4.79 Å². The number of aliphatic carboxylic acids is 1. The molecule has 2 amide bonds. The Labute approximate surface area is 118 Å². The number of amides is 2. The third kappa shape index (κ3) is 4.79. The number of benzene rings is 1. The fourth-order valence-electron chi connectivity index (χ4n) is 1.83. The number of nitrogens with one attached hydrogen (secondary N) is 1. The van der Waals surface area contributed by atoms with Crippen LogP contribution in [0, 0.1) is 5.92 Å². The molecule has 0 saturated heterocycles. The van der Waals surface area contributed by atoms with Crippen LogP contribution in [0.2, 0.25) is 0 Å². The summed E-state index contributed by atoms with van der Waals surface area (Å²) in [4.78, 5) is 24.1. The van der Waals surface area contributed by atoms with Crippen LogP contribution >= 0.6 is 0 Å². The number of hydrogen-bond acceptors (Lipinski definition) is 3. The Bertz CT molecular complexity index is 476. The molecule has 0 spiro atoms. The minimum absolute atomic E-state index is 0.0124. The summed E-state index contributed by atoms with van der Waals surface area (Å²) in [7, 11) is 0. The smallest absolute Gasteiger partial charge is 0.321 e. The van der Waals surface area contributed by atoms with E-state index in [0.717, 1.165) is 0 Å². The van der Waals surface area contributed by atoms with E-state index in [-0.39, 0.29) is 24.1 Å². The van der Waals surface area contributed by atoms with Crippen LogP contribution < -0.4 is 10.2 Å². The number of carbonyl (C=O) groups is 2. The van der Waals surface area contributed by atoms with Gasteiger partial charge in [0.1, 0.15) is 5.75 Å². The maximum absolute atomic E-state index is 12.1. The van der Waals surface area contributed by atoms with E-state index in [1.54, 1.807) is 19.1 Å². The first kappa shape index (κ1) is 15.8. The predicted molar refractivity (Wildman–Crippen MR) is 75.9 cm³/mol. The first-order valence-corrected chi connectivity index (χ1v) is 6.50. The van der Waals surface area contributed by atoms with E-state index in [4.69, 9.17) is 5.11 Å². The largest absolute Gasteiger partial charge is 0.508 e. The Kier molecular flexibility index (Phi) is 5.83. The lowest BCUT2D eigenvalue weighted by Gasteiger charge is -2.22. The summed E-state index contributed by atoms with van der Waals surface area (Å²) in [6.07, 6.45) is 0.0124. The lowest BCUT2D eigenvalue weighted by atomic mass is 10.1. The normalized spacial score (nSPS) is 11.7. The molecule has 0 radical (unpaired) electrons. The van der Waals surface area contributed by atoms with Gasteiger partial charge in [0.25, 0.3) is 0 Å². The molecule has 0 saturated carbocycles. The molecule has 0 fully saturated rings. The Morgan fingerprint density at radius 3 is 2.65 bits per heavy atom. The molecule has 6 nitrogen and oxygen atoms in total. The lowest BCUT2D eigenvalue weighted by molar-refractivity contribution is -0.137. The highest BCUT2D eigenvalue weighted by Crippen LogP contribution is 2.19. The highest BCUT2D eigenvalue weighted by atomic mass is 16.4. The molecule has 3 N–H and O–H groups in total. The molecule has 1 aromatic carbocycles. The summed E-state index contributed by atoms with van der Waals surface area (Å²) in [6, 6.07) is 6.11. The number of aromatic hydroxyl groups is 1. The minimum Gasteiger partial charge on any atom is -0.508 e. The van der Waals surface area contributed by atoms with E-state index < -0.39 is 5.97 Å². The molecule has 1 aromatic rings. The predicted octanol–water partition coefficient (Wildman–Crippen LogP) is 2.04. The van der Waals surface area contributed by atoms with Gasteiger partial charge in [0.15, 0.2) is 0 Å². The van der Waals surface area contributed by atoms with Crippen LogP contribution in [0.15, 0.2) is 24.3 Å². The topological polar surface area (TPSA) is 89.9 Å². The number of carbonyl (C=O) groups excluding carboxylic acids is 1. The van der Waals surface area contributed by atoms with Crippen molar-refractivity contribution >= 4 is 17.7 Å². The first-order chi connectivity index (χ1) is 9.43. The molecular weight excluding hydrogens is 260 g/mol. The third-order valence-electron chi connectivity index (χ3n) is 2.83. The number of urea groups is 1. The van der Waals surface area contributed by atoms with Crippen LogP contribution in [-0.4, -0.2) is 35.3 Å². The van der Waals surface area contributed by atoms with E-state index >= 15 is 0 Å². The number of phenolic OH excluding ortho intramolecular Hbond substituents is 1. The molecule has 0 aliphatic rings. The SMILES string of the molecule is CCN(C(=O)NCC(C)CC(=O)O)c1cccc(O)c1. The molecule has 1 rings (SSSR count). The molecule has 1 atom stereocenters. The van der Waals surface area contributed by atoms with Crippen molar-refractivity contribution < 1.29 is 19.8 Å². The van der Waals surface area contributed by atoms with E-state index in [1.165, 1.54) is 17.0 Å². The quantitative estimate of drug-likeness (QED) is 0.743. The molecule has 0 aliphatic heterocycles. The Morgan fingerprint density at radius 1 is 1.40 bits per heavy atom. The maximum atomic E-state index is 12.1. The minimum atomic E-state index is -0.882. The molecule has 0 aromatic heterocycles. The number of nitrogens with zero attached hydrogens (tertiary/aromatic N) is 1. The van der Waals surface area contributed by atoms with Crippen molar-refractivity contribution in [2.45, 2.75) is 20.3 Å². The van der Waals surface area contributed by atoms with Crippen molar-refractivity contribution in [3.8, 4) is 5.75 Å². The van der Waals surface area contributed by atoms with E-state index in [2.05, 4.69) is 5.32 Å². The number of rotatable bonds is 6. The second-order valence-corrected chi connectivity index (χ2v) is 4.65. The van der Waals surface area contributed by atoms with E-state index in [0.29, 0.717) is 18.8 Å². The van der Waals surface area contributed by atoms with Gasteiger partial charge in [-0.05, 0) is 25.0 Å². The molecule has 6 heteroatoms. The van der Waals surface area contributed by atoms with Crippen LogP contribution in [0.3, 0.4) is 0 Å². The molecule has 110 valence electrons. The summed E-state index contributed by atoms with van der Waals surface area (Å²) in [5.74, 6) is -0.931. The van der Waals surface area contributed by atoms with Crippen LogP contribution in [0.4, 0.5) is 10.5 Å². The number of anilines is 1. The Balaban J connectivity index is 2.62. The van der Waals surface area contributed by atoms with Crippen molar-refractivity contribution in [3.63, 3.8) is 0 Å². The lowest BCUT2D eigenvalue weighted by Crippen LogP contribution is -2.41. The summed E-state index contributed by atoms with van der Waals surface area (Å²) in [5.41, 5.74) is 0.593. The highest BCUT2D eigenvalue weighted by Gasteiger charge is 2.15. The average molecular weight is 280 g/mol. The Morgan fingerprint density at radius 2 is 2.10 bits per heavy atom. The Hall–Kier alpha value is -2.24. The first-order valence-electron chi connectivity index (χ1n) is 6.50. The highest BCUT2D eigenvalue weighted by molar-refractivity contribution is 5.92. The van der Waals surface area contributed by atoms with Crippen molar-refractivity contribution in [1.82, 2.24) is 5.32 Å². The average Bonchev–Trinajstić information content (AvgIpc) is 2.36. The monoisotopic (exact) mass is 280 g/mol. The second kappa shape index (κ2) is 7.37. The van der Waals surface area contributed by atoms with Gasteiger partial charge in [-0.2, -0.15) is 0 Å². The third-order valence-corrected chi connectivity index (χ3v) is 2.83. The van der Waals surface area contributed by atoms with Crippen LogP contribution in [0.25, 0.3) is 0 Å². The zero-order valence-electron chi connectivity index (χ0n) is 11.7. The molecule has 20 heavy (non-hydrogen) atoms. The van der Waals surface area contributed by atoms with Crippen molar-refractivity contribution in [2.75, 3.05) is 18.0 Å².